The predicted octanol–water partition coefficient (Wildman–Crippen LogP) is 2.94. The molecule has 0 saturated carbocycles. The van der Waals surface area contributed by atoms with Gasteiger partial charge in [-0.3, -0.25) is 4.40 Å². The van der Waals surface area contributed by atoms with Crippen LogP contribution in [0.4, 0.5) is 5.82 Å². The maximum Gasteiger partial charge on any atom is 0.138 e. The van der Waals surface area contributed by atoms with Crippen LogP contribution in [-0.2, 0) is 0 Å². The summed E-state index contributed by atoms with van der Waals surface area (Å²) >= 11 is 0. The minimum atomic E-state index is 0.422. The fraction of sp³-hybridized carbons (Fsp3) is 0.308. The Morgan fingerprint density at radius 2 is 2.31 bits per heavy atom. The quantitative estimate of drug-likeness (QED) is 0.789. The lowest BCUT2D eigenvalue weighted by molar-refractivity contribution is 0.790. The second-order valence-electron chi connectivity index (χ2n) is 4.28. The number of nitrogens with zero attached hydrogens (tertiary/aromatic N) is 2. The first-order valence-corrected chi connectivity index (χ1v) is 5.71. The van der Waals surface area contributed by atoms with Crippen molar-refractivity contribution in [1.29, 1.82) is 0 Å². The van der Waals surface area contributed by atoms with E-state index in [1.807, 2.05) is 18.3 Å². The standard InChI is InChI=1S/C13H15N3/c1-3-11-9(2)7-10-8-14-12-5-4-6-13(15-11)16(10)12/h4-8,11,15H,3H2,1-2H3. The van der Waals surface area contributed by atoms with Crippen LogP contribution in [0, 0.1) is 0 Å². The van der Waals surface area contributed by atoms with E-state index in [9.17, 15) is 0 Å². The van der Waals surface area contributed by atoms with E-state index in [0.717, 1.165) is 23.6 Å². The third-order valence-corrected chi connectivity index (χ3v) is 3.21. The minimum Gasteiger partial charge on any atom is -0.365 e. The Labute approximate surface area is 94.8 Å². The van der Waals surface area contributed by atoms with E-state index in [4.69, 9.17) is 0 Å². The lowest BCUT2D eigenvalue weighted by atomic mass is 10.1. The van der Waals surface area contributed by atoms with Gasteiger partial charge in [-0.25, -0.2) is 4.98 Å². The molecule has 1 aliphatic rings. The van der Waals surface area contributed by atoms with E-state index in [0.29, 0.717) is 6.04 Å². The molecule has 16 heavy (non-hydrogen) atoms. The van der Waals surface area contributed by atoms with Crippen molar-refractivity contribution < 1.29 is 0 Å². The molecule has 1 unspecified atom stereocenters. The first-order chi connectivity index (χ1) is 7.79. The van der Waals surface area contributed by atoms with Crippen molar-refractivity contribution in [1.82, 2.24) is 9.38 Å². The van der Waals surface area contributed by atoms with Crippen molar-refractivity contribution in [2.75, 3.05) is 5.32 Å². The predicted molar refractivity (Wildman–Crippen MR) is 66.5 cm³/mol. The van der Waals surface area contributed by atoms with Crippen LogP contribution in [0.5, 0.6) is 0 Å². The van der Waals surface area contributed by atoms with Gasteiger partial charge in [-0.1, -0.05) is 13.0 Å². The van der Waals surface area contributed by atoms with Gasteiger partial charge in [0.05, 0.1) is 11.9 Å². The van der Waals surface area contributed by atoms with Gasteiger partial charge in [-0.15, -0.1) is 0 Å². The van der Waals surface area contributed by atoms with Gasteiger partial charge in [0, 0.05) is 6.04 Å². The zero-order chi connectivity index (χ0) is 11.1. The smallest absolute Gasteiger partial charge is 0.138 e. The van der Waals surface area contributed by atoms with Gasteiger partial charge in [0.15, 0.2) is 0 Å². The molecule has 3 heterocycles. The average molecular weight is 213 g/mol. The van der Waals surface area contributed by atoms with Crippen molar-refractivity contribution >= 4 is 17.5 Å². The summed E-state index contributed by atoms with van der Waals surface area (Å²) in [6, 6.07) is 6.60. The molecular formula is C13H15N3. The van der Waals surface area contributed by atoms with Crippen LogP contribution in [0.25, 0.3) is 11.7 Å². The van der Waals surface area contributed by atoms with E-state index in [1.54, 1.807) is 0 Å². The Bertz CT molecular complexity index is 566. The van der Waals surface area contributed by atoms with Crippen LogP contribution >= 0.6 is 0 Å². The van der Waals surface area contributed by atoms with Crippen molar-refractivity contribution in [3.8, 4) is 0 Å². The van der Waals surface area contributed by atoms with Crippen LogP contribution < -0.4 is 5.32 Å². The molecule has 0 spiro atoms. The minimum absolute atomic E-state index is 0.422. The zero-order valence-electron chi connectivity index (χ0n) is 9.57. The largest absolute Gasteiger partial charge is 0.365 e. The fourth-order valence-corrected chi connectivity index (χ4v) is 2.32. The Hall–Kier alpha value is -1.77. The monoisotopic (exact) mass is 213 g/mol. The van der Waals surface area contributed by atoms with Crippen molar-refractivity contribution in [2.45, 2.75) is 26.3 Å². The number of imidazole rings is 1. The summed E-state index contributed by atoms with van der Waals surface area (Å²) in [5.74, 6) is 1.13. The lowest BCUT2D eigenvalue weighted by Gasteiger charge is -2.17. The molecule has 3 heteroatoms. The molecule has 1 aliphatic heterocycles. The second kappa shape index (κ2) is 3.37. The van der Waals surface area contributed by atoms with E-state index in [-0.39, 0.29) is 0 Å². The summed E-state index contributed by atoms with van der Waals surface area (Å²) in [5.41, 5.74) is 3.52. The Morgan fingerprint density at radius 3 is 3.12 bits per heavy atom. The fourth-order valence-electron chi connectivity index (χ4n) is 2.32. The van der Waals surface area contributed by atoms with Crippen LogP contribution in [0.1, 0.15) is 26.0 Å². The molecule has 3 rings (SSSR count). The molecule has 3 nitrogen and oxygen atoms in total. The highest BCUT2D eigenvalue weighted by Gasteiger charge is 2.16. The molecule has 0 amide bonds. The molecule has 0 saturated heterocycles. The van der Waals surface area contributed by atoms with Crippen molar-refractivity contribution in [3.63, 3.8) is 0 Å². The second-order valence-corrected chi connectivity index (χ2v) is 4.28. The molecule has 1 atom stereocenters. The maximum atomic E-state index is 4.40. The van der Waals surface area contributed by atoms with Crippen LogP contribution in [-0.4, -0.2) is 15.4 Å². The summed E-state index contributed by atoms with van der Waals surface area (Å²) in [7, 11) is 0. The van der Waals surface area contributed by atoms with Crippen LogP contribution in [0.3, 0.4) is 0 Å². The summed E-state index contributed by atoms with van der Waals surface area (Å²) in [6.07, 6.45) is 5.25. The number of hydrogen-bond donors (Lipinski definition) is 1. The van der Waals surface area contributed by atoms with Crippen LogP contribution in [0.15, 0.2) is 30.0 Å². The van der Waals surface area contributed by atoms with Gasteiger partial charge in [0.25, 0.3) is 0 Å². The maximum absolute atomic E-state index is 4.40. The number of anilines is 1. The Kier molecular flexibility index (Phi) is 1.99. The molecular weight excluding hydrogens is 198 g/mol. The van der Waals surface area contributed by atoms with E-state index in [1.165, 1.54) is 5.57 Å². The lowest BCUT2D eigenvalue weighted by Crippen LogP contribution is -2.19. The van der Waals surface area contributed by atoms with Gasteiger partial charge in [-0.05, 0) is 37.1 Å². The zero-order valence-corrected chi connectivity index (χ0v) is 9.57. The summed E-state index contributed by atoms with van der Waals surface area (Å²) < 4.78 is 2.17. The molecule has 2 aromatic heterocycles. The molecule has 0 aromatic carbocycles. The van der Waals surface area contributed by atoms with E-state index >= 15 is 0 Å². The van der Waals surface area contributed by atoms with Crippen molar-refractivity contribution in [3.05, 3.63) is 35.7 Å². The molecule has 1 N–H and O–H groups in total. The first-order valence-electron chi connectivity index (χ1n) is 5.71. The highest BCUT2D eigenvalue weighted by molar-refractivity contribution is 5.64. The average Bonchev–Trinajstić information content (AvgIpc) is 2.63. The normalized spacial score (nSPS) is 19.1. The number of nitrogens with one attached hydrogen (secondary N) is 1. The molecule has 0 fully saturated rings. The summed E-state index contributed by atoms with van der Waals surface area (Å²) in [6.45, 7) is 4.38. The Morgan fingerprint density at radius 1 is 1.44 bits per heavy atom. The third-order valence-electron chi connectivity index (χ3n) is 3.21. The van der Waals surface area contributed by atoms with Crippen LogP contribution in [0.2, 0.25) is 0 Å². The first kappa shape index (κ1) is 9.46. The number of pyridine rings is 1. The highest BCUT2D eigenvalue weighted by Crippen LogP contribution is 2.24. The van der Waals surface area contributed by atoms with Gasteiger partial charge in [-0.2, -0.15) is 0 Å². The summed E-state index contributed by atoms with van der Waals surface area (Å²) in [4.78, 5) is 4.40. The number of hydrogen-bond acceptors (Lipinski definition) is 2. The van der Waals surface area contributed by atoms with Gasteiger partial charge in [0.2, 0.25) is 0 Å². The van der Waals surface area contributed by atoms with Gasteiger partial charge in [0.1, 0.15) is 11.5 Å². The molecule has 82 valence electrons. The van der Waals surface area contributed by atoms with Crippen molar-refractivity contribution in [2.24, 2.45) is 0 Å². The molecule has 2 aromatic rings. The topological polar surface area (TPSA) is 29.3 Å². The van der Waals surface area contributed by atoms with Gasteiger partial charge < -0.3 is 5.32 Å². The van der Waals surface area contributed by atoms with E-state index < -0.39 is 0 Å². The molecule has 0 bridgehead atoms. The van der Waals surface area contributed by atoms with E-state index in [2.05, 4.69) is 40.7 Å². The number of aromatic nitrogens is 2. The molecule has 0 radical (unpaired) electrons. The number of rotatable bonds is 1. The summed E-state index contributed by atoms with van der Waals surface area (Å²) in [5, 5.41) is 3.56. The third kappa shape index (κ3) is 1.24. The Balaban J connectivity index is 2.28. The highest BCUT2D eigenvalue weighted by atomic mass is 15.1. The van der Waals surface area contributed by atoms with Gasteiger partial charge >= 0.3 is 0 Å². The molecule has 0 aliphatic carbocycles. The SMILES string of the molecule is CCC1Nc2cccc3ncc(n23)C=C1C.